The molecule has 0 aliphatic heterocycles. The second kappa shape index (κ2) is 6.51. The average Bonchev–Trinajstić information content (AvgIpc) is 2.73. The number of carbonyl (C=O) groups excluding carboxylic acids is 1. The third kappa shape index (κ3) is 4.56. The van der Waals surface area contributed by atoms with Gasteiger partial charge in [-0.15, -0.1) is 11.3 Å². The van der Waals surface area contributed by atoms with Gasteiger partial charge in [0.15, 0.2) is 0 Å². The number of thiophene rings is 1. The van der Waals surface area contributed by atoms with Crippen LogP contribution in [0.15, 0.2) is 16.3 Å². The molecule has 0 aliphatic rings. The van der Waals surface area contributed by atoms with Crippen LogP contribution in [0.1, 0.15) is 4.88 Å². The van der Waals surface area contributed by atoms with Crippen molar-refractivity contribution < 1.29 is 17.9 Å². The van der Waals surface area contributed by atoms with Crippen molar-refractivity contribution in [2.45, 2.75) is 10.6 Å². The molecule has 0 radical (unpaired) electrons. The van der Waals surface area contributed by atoms with Crippen molar-refractivity contribution in [2.75, 3.05) is 27.3 Å². The molecule has 0 aliphatic carbocycles. The lowest BCUT2D eigenvalue weighted by Crippen LogP contribution is -2.30. The highest BCUT2D eigenvalue weighted by Crippen LogP contribution is 2.25. The fourth-order valence-electron chi connectivity index (χ4n) is 1.22. The van der Waals surface area contributed by atoms with Gasteiger partial charge in [0.05, 0.1) is 13.0 Å². The van der Waals surface area contributed by atoms with Crippen molar-refractivity contribution in [3.05, 3.63) is 17.0 Å². The van der Waals surface area contributed by atoms with Gasteiger partial charge in [0, 0.05) is 36.3 Å². The van der Waals surface area contributed by atoms with Gasteiger partial charge in [0.1, 0.15) is 4.21 Å². The summed E-state index contributed by atoms with van der Waals surface area (Å²) in [6.07, 6.45) is 0.164. The maximum Gasteiger partial charge on any atom is 0.270 e. The summed E-state index contributed by atoms with van der Waals surface area (Å²) in [5.74, 6) is -0.0904. The van der Waals surface area contributed by atoms with Gasteiger partial charge in [-0.1, -0.05) is 0 Å². The Labute approximate surface area is 115 Å². The maximum atomic E-state index is 11.8. The lowest BCUT2D eigenvalue weighted by atomic mass is 10.3. The van der Waals surface area contributed by atoms with Gasteiger partial charge < -0.3 is 9.64 Å². The summed E-state index contributed by atoms with van der Waals surface area (Å²) in [6, 6.07) is 3.01. The molecule has 1 rings (SSSR count). The summed E-state index contributed by atoms with van der Waals surface area (Å²) in [6.45, 7) is 0.968. The molecule has 0 spiro atoms. The van der Waals surface area contributed by atoms with Crippen LogP contribution in [-0.2, 0) is 25.0 Å². The number of rotatable bonds is 6. The summed E-state index contributed by atoms with van der Waals surface area (Å²) >= 11 is 1.01. The Kier molecular flexibility index (Phi) is 5.58. The molecule has 0 atom stereocenters. The van der Waals surface area contributed by atoms with Crippen molar-refractivity contribution in [1.82, 2.24) is 4.90 Å². The highest BCUT2D eigenvalue weighted by Gasteiger charge is 2.16. The van der Waals surface area contributed by atoms with E-state index in [4.69, 9.17) is 15.4 Å². The molecule has 0 bridgehead atoms. The number of amides is 1. The monoisotopic (exact) mass is 311 g/mol. The first kappa shape index (κ1) is 15.4. The summed E-state index contributed by atoms with van der Waals surface area (Å²) < 4.78 is 27.1. The molecule has 102 valence electrons. The van der Waals surface area contributed by atoms with Crippen LogP contribution in [0.5, 0.6) is 0 Å². The van der Waals surface area contributed by atoms with Crippen LogP contribution < -0.4 is 0 Å². The second-order valence-electron chi connectivity index (χ2n) is 3.64. The minimum Gasteiger partial charge on any atom is -0.383 e. The summed E-state index contributed by atoms with van der Waals surface area (Å²) in [5.41, 5.74) is 0. The first-order valence-corrected chi connectivity index (χ1v) is 8.23. The van der Waals surface area contributed by atoms with Gasteiger partial charge in [-0.25, -0.2) is 8.42 Å². The topological polar surface area (TPSA) is 63.7 Å². The Bertz CT molecular complexity index is 512. The summed E-state index contributed by atoms with van der Waals surface area (Å²) in [7, 11) is 4.74. The van der Waals surface area contributed by atoms with Crippen LogP contribution in [0.3, 0.4) is 0 Å². The zero-order valence-electron chi connectivity index (χ0n) is 10.1. The lowest BCUT2D eigenvalue weighted by molar-refractivity contribution is -0.129. The molecule has 5 nitrogen and oxygen atoms in total. The number of ether oxygens (including phenoxy) is 1. The van der Waals surface area contributed by atoms with Crippen molar-refractivity contribution >= 4 is 37.0 Å². The number of carbonyl (C=O) groups is 1. The van der Waals surface area contributed by atoms with Crippen LogP contribution in [0.2, 0.25) is 0 Å². The highest BCUT2D eigenvalue weighted by atomic mass is 35.7. The minimum absolute atomic E-state index is 0.0616. The molecule has 1 aromatic rings. The Morgan fingerprint density at radius 3 is 2.67 bits per heavy atom. The van der Waals surface area contributed by atoms with E-state index in [1.807, 2.05) is 0 Å². The van der Waals surface area contributed by atoms with Crippen molar-refractivity contribution in [3.63, 3.8) is 0 Å². The number of nitrogens with zero attached hydrogens (tertiary/aromatic N) is 1. The van der Waals surface area contributed by atoms with Gasteiger partial charge in [0.2, 0.25) is 5.91 Å². The molecule has 0 saturated heterocycles. The van der Waals surface area contributed by atoms with Crippen molar-refractivity contribution in [2.24, 2.45) is 0 Å². The minimum atomic E-state index is -3.71. The fourth-order valence-corrected chi connectivity index (χ4v) is 3.34. The number of hydrogen-bond acceptors (Lipinski definition) is 5. The van der Waals surface area contributed by atoms with Gasteiger partial charge >= 0.3 is 0 Å². The van der Waals surface area contributed by atoms with Crippen LogP contribution in [-0.4, -0.2) is 46.5 Å². The summed E-state index contributed by atoms with van der Waals surface area (Å²) in [4.78, 5) is 14.0. The molecule has 1 heterocycles. The molecule has 18 heavy (non-hydrogen) atoms. The molecule has 0 aromatic carbocycles. The predicted molar refractivity (Wildman–Crippen MR) is 70.6 cm³/mol. The molecule has 1 aromatic heterocycles. The Morgan fingerprint density at radius 2 is 2.17 bits per heavy atom. The highest BCUT2D eigenvalue weighted by molar-refractivity contribution is 8.15. The lowest BCUT2D eigenvalue weighted by Gasteiger charge is -2.15. The SMILES string of the molecule is COCCN(C)C(=O)Cc1ccc(S(=O)(=O)Cl)s1. The third-order valence-electron chi connectivity index (χ3n) is 2.26. The van der Waals surface area contributed by atoms with E-state index in [1.54, 1.807) is 20.2 Å². The van der Waals surface area contributed by atoms with E-state index in [0.717, 1.165) is 11.3 Å². The van der Waals surface area contributed by atoms with E-state index in [-0.39, 0.29) is 16.5 Å². The largest absolute Gasteiger partial charge is 0.383 e. The second-order valence-corrected chi connectivity index (χ2v) is 7.60. The molecular formula is C10H14ClNO4S2. The predicted octanol–water partition coefficient (Wildman–Crippen LogP) is 1.32. The molecular weight excluding hydrogens is 298 g/mol. The number of halogens is 1. The van der Waals surface area contributed by atoms with Crippen LogP contribution in [0, 0.1) is 0 Å². The smallest absolute Gasteiger partial charge is 0.270 e. The Morgan fingerprint density at radius 1 is 1.50 bits per heavy atom. The molecule has 0 fully saturated rings. The van der Waals surface area contributed by atoms with Crippen LogP contribution >= 0.6 is 22.0 Å². The van der Waals surface area contributed by atoms with Crippen LogP contribution in [0.4, 0.5) is 0 Å². The third-order valence-corrected chi connectivity index (χ3v) is 5.44. The zero-order valence-corrected chi connectivity index (χ0v) is 12.4. The number of methoxy groups -OCH3 is 1. The molecule has 0 unspecified atom stereocenters. The molecule has 1 amide bonds. The summed E-state index contributed by atoms with van der Waals surface area (Å²) in [5, 5.41) is 0. The van der Waals surface area contributed by atoms with Gasteiger partial charge in [-0.2, -0.15) is 0 Å². The van der Waals surface area contributed by atoms with E-state index in [2.05, 4.69) is 0 Å². The molecule has 0 N–H and O–H groups in total. The van der Waals surface area contributed by atoms with Crippen LogP contribution in [0.25, 0.3) is 0 Å². The normalized spacial score (nSPS) is 11.5. The van der Waals surface area contributed by atoms with E-state index >= 15 is 0 Å². The average molecular weight is 312 g/mol. The molecule has 0 saturated carbocycles. The fraction of sp³-hybridized carbons (Fsp3) is 0.500. The van der Waals surface area contributed by atoms with E-state index in [9.17, 15) is 13.2 Å². The van der Waals surface area contributed by atoms with E-state index < -0.39 is 9.05 Å². The number of likely N-dealkylation sites (N-methyl/N-ethyl adjacent to an activating group) is 1. The first-order chi connectivity index (χ1) is 8.34. The Balaban J connectivity index is 2.63. The van der Waals surface area contributed by atoms with E-state index in [0.29, 0.717) is 18.0 Å². The van der Waals surface area contributed by atoms with Crippen molar-refractivity contribution in [1.29, 1.82) is 0 Å². The quantitative estimate of drug-likeness (QED) is 0.743. The molecule has 8 heteroatoms. The van der Waals surface area contributed by atoms with Gasteiger partial charge in [0.25, 0.3) is 9.05 Å². The standard InChI is InChI=1S/C10H14ClNO4S2/c1-12(5-6-16-2)9(13)7-8-3-4-10(17-8)18(11,14)15/h3-4H,5-7H2,1-2H3. The van der Waals surface area contributed by atoms with E-state index in [1.165, 1.54) is 11.0 Å². The van der Waals surface area contributed by atoms with Gasteiger partial charge in [-0.05, 0) is 12.1 Å². The number of hydrogen-bond donors (Lipinski definition) is 0. The Hall–Kier alpha value is -0.630. The van der Waals surface area contributed by atoms with Crippen molar-refractivity contribution in [3.8, 4) is 0 Å². The van der Waals surface area contributed by atoms with Gasteiger partial charge in [-0.3, -0.25) is 4.79 Å². The zero-order chi connectivity index (χ0) is 13.8. The first-order valence-electron chi connectivity index (χ1n) is 5.11. The maximum absolute atomic E-state index is 11.8.